The number of aryl methyl sites for hydroxylation is 1. The molecule has 0 heterocycles. The zero-order chi connectivity index (χ0) is 13.2. The van der Waals surface area contributed by atoms with Crippen LogP contribution in [0.15, 0.2) is 34.8 Å². The molecule has 0 fully saturated rings. The highest BCUT2D eigenvalue weighted by molar-refractivity contribution is 9.10. The Kier molecular flexibility index (Phi) is 2.30. The summed E-state index contributed by atoms with van der Waals surface area (Å²) in [7, 11) is 0. The highest BCUT2D eigenvalue weighted by atomic mass is 79.9. The van der Waals surface area contributed by atoms with Gasteiger partial charge in [0, 0.05) is 9.89 Å². The summed E-state index contributed by atoms with van der Waals surface area (Å²) < 4.78 is 1.18. The monoisotopic (exact) mass is 312 g/mol. The molecule has 4 rings (SSSR count). The third-order valence-electron chi connectivity index (χ3n) is 4.85. The number of fused-ring (bicyclic) bond motifs is 5. The number of halogens is 1. The smallest absolute Gasteiger partial charge is 0.0181 e. The minimum absolute atomic E-state index is 0.154. The van der Waals surface area contributed by atoms with Crippen LogP contribution in [0.2, 0.25) is 0 Å². The molecule has 1 heteroatoms. The van der Waals surface area contributed by atoms with E-state index < -0.39 is 0 Å². The molecule has 0 N–H and O–H groups in total. The minimum atomic E-state index is 0.154. The lowest BCUT2D eigenvalue weighted by Gasteiger charge is -2.24. The molecular formula is C18H17Br. The van der Waals surface area contributed by atoms with E-state index in [4.69, 9.17) is 0 Å². The summed E-state index contributed by atoms with van der Waals surface area (Å²) in [5, 5.41) is 0. The highest BCUT2D eigenvalue weighted by Crippen LogP contribution is 2.52. The van der Waals surface area contributed by atoms with E-state index in [1.807, 2.05) is 0 Å². The molecule has 0 bridgehead atoms. The van der Waals surface area contributed by atoms with Gasteiger partial charge in [-0.1, -0.05) is 48.0 Å². The Balaban J connectivity index is 2.10. The molecule has 0 unspecified atom stereocenters. The summed E-state index contributed by atoms with van der Waals surface area (Å²) in [6.07, 6.45) is 3.84. The van der Waals surface area contributed by atoms with E-state index in [9.17, 15) is 0 Å². The maximum absolute atomic E-state index is 3.62. The SMILES string of the molecule is CC1(C)c2ccc(Br)cc2-c2ccc3c(c21)CCC3. The Morgan fingerprint density at radius 2 is 1.84 bits per heavy atom. The van der Waals surface area contributed by atoms with E-state index in [0.29, 0.717) is 0 Å². The van der Waals surface area contributed by atoms with Crippen LogP contribution in [0.25, 0.3) is 11.1 Å². The molecule has 0 spiro atoms. The van der Waals surface area contributed by atoms with E-state index in [1.165, 1.54) is 40.4 Å². The quantitative estimate of drug-likeness (QED) is 0.623. The van der Waals surface area contributed by atoms with Crippen LogP contribution in [0.3, 0.4) is 0 Å². The Morgan fingerprint density at radius 1 is 1.00 bits per heavy atom. The molecule has 0 radical (unpaired) electrons. The fourth-order valence-electron chi connectivity index (χ4n) is 4.02. The molecule has 2 aliphatic rings. The molecule has 19 heavy (non-hydrogen) atoms. The number of benzene rings is 2. The van der Waals surface area contributed by atoms with Crippen molar-refractivity contribution in [2.75, 3.05) is 0 Å². The van der Waals surface area contributed by atoms with Gasteiger partial charge in [0.15, 0.2) is 0 Å². The van der Waals surface area contributed by atoms with E-state index >= 15 is 0 Å². The molecule has 2 aliphatic carbocycles. The van der Waals surface area contributed by atoms with Gasteiger partial charge in [0.1, 0.15) is 0 Å². The molecule has 0 aliphatic heterocycles. The van der Waals surface area contributed by atoms with Crippen LogP contribution < -0.4 is 0 Å². The molecular weight excluding hydrogens is 296 g/mol. The van der Waals surface area contributed by atoms with E-state index in [-0.39, 0.29) is 5.41 Å². The first kappa shape index (κ1) is 11.7. The normalized spacial score (nSPS) is 18.1. The van der Waals surface area contributed by atoms with Gasteiger partial charge < -0.3 is 0 Å². The van der Waals surface area contributed by atoms with Crippen molar-refractivity contribution in [3.05, 3.63) is 57.1 Å². The van der Waals surface area contributed by atoms with Gasteiger partial charge in [0.05, 0.1) is 0 Å². The largest absolute Gasteiger partial charge is 0.0581 e. The Hall–Kier alpha value is -1.08. The first-order chi connectivity index (χ1) is 9.09. The van der Waals surface area contributed by atoms with E-state index in [0.717, 1.165) is 0 Å². The lowest BCUT2D eigenvalue weighted by Crippen LogP contribution is -2.17. The topological polar surface area (TPSA) is 0 Å². The lowest BCUT2D eigenvalue weighted by atomic mass is 9.79. The lowest BCUT2D eigenvalue weighted by molar-refractivity contribution is 0.652. The summed E-state index contributed by atoms with van der Waals surface area (Å²) in [6, 6.07) is 11.4. The zero-order valence-corrected chi connectivity index (χ0v) is 13.0. The first-order valence-electron chi connectivity index (χ1n) is 7.04. The Labute approximate surface area is 123 Å². The molecule has 2 aromatic carbocycles. The fourth-order valence-corrected chi connectivity index (χ4v) is 4.38. The molecule has 2 aromatic rings. The predicted molar refractivity (Wildman–Crippen MR) is 83.7 cm³/mol. The third kappa shape index (κ3) is 1.45. The van der Waals surface area contributed by atoms with Gasteiger partial charge in [0.25, 0.3) is 0 Å². The third-order valence-corrected chi connectivity index (χ3v) is 5.35. The second-order valence-corrected chi connectivity index (χ2v) is 7.21. The highest BCUT2D eigenvalue weighted by Gasteiger charge is 2.38. The van der Waals surface area contributed by atoms with Crippen molar-refractivity contribution in [3.63, 3.8) is 0 Å². The summed E-state index contributed by atoms with van der Waals surface area (Å²) in [4.78, 5) is 0. The first-order valence-corrected chi connectivity index (χ1v) is 7.84. The van der Waals surface area contributed by atoms with Crippen molar-refractivity contribution in [3.8, 4) is 11.1 Å². The molecule has 0 aromatic heterocycles. The van der Waals surface area contributed by atoms with E-state index in [2.05, 4.69) is 60.1 Å². The molecule has 96 valence electrons. The van der Waals surface area contributed by atoms with Crippen LogP contribution in [-0.4, -0.2) is 0 Å². The van der Waals surface area contributed by atoms with Gasteiger partial charge in [-0.05, 0) is 64.8 Å². The maximum Gasteiger partial charge on any atom is 0.0181 e. The molecule has 0 atom stereocenters. The predicted octanol–water partition coefficient (Wildman–Crippen LogP) is 5.24. The second kappa shape index (κ2) is 3.73. The summed E-state index contributed by atoms with van der Waals surface area (Å²) in [6.45, 7) is 4.76. The summed E-state index contributed by atoms with van der Waals surface area (Å²) >= 11 is 3.62. The van der Waals surface area contributed by atoms with Crippen molar-refractivity contribution >= 4 is 15.9 Å². The fraction of sp³-hybridized carbons (Fsp3) is 0.333. The van der Waals surface area contributed by atoms with Gasteiger partial charge >= 0.3 is 0 Å². The molecule has 0 saturated carbocycles. The van der Waals surface area contributed by atoms with Gasteiger partial charge in [-0.25, -0.2) is 0 Å². The van der Waals surface area contributed by atoms with Crippen LogP contribution >= 0.6 is 15.9 Å². The van der Waals surface area contributed by atoms with Crippen LogP contribution in [0, 0.1) is 0 Å². The van der Waals surface area contributed by atoms with E-state index in [1.54, 1.807) is 16.7 Å². The second-order valence-electron chi connectivity index (χ2n) is 6.29. The van der Waals surface area contributed by atoms with Crippen molar-refractivity contribution in [2.45, 2.75) is 38.5 Å². The van der Waals surface area contributed by atoms with Crippen LogP contribution in [0.4, 0.5) is 0 Å². The average Bonchev–Trinajstić information content (AvgIpc) is 2.91. The van der Waals surface area contributed by atoms with Crippen molar-refractivity contribution in [1.29, 1.82) is 0 Å². The average molecular weight is 313 g/mol. The Morgan fingerprint density at radius 3 is 2.68 bits per heavy atom. The molecule has 0 amide bonds. The summed E-state index contributed by atoms with van der Waals surface area (Å²) in [5.41, 5.74) is 9.32. The molecule has 0 saturated heterocycles. The number of hydrogen-bond donors (Lipinski definition) is 0. The standard InChI is InChI=1S/C18H17Br/c1-18(2)16-9-7-12(19)10-15(16)14-8-6-11-4-3-5-13(11)17(14)18/h6-10H,3-5H2,1-2H3. The van der Waals surface area contributed by atoms with Gasteiger partial charge in [0.2, 0.25) is 0 Å². The van der Waals surface area contributed by atoms with Crippen molar-refractivity contribution < 1.29 is 0 Å². The number of rotatable bonds is 0. The van der Waals surface area contributed by atoms with Crippen LogP contribution in [0.5, 0.6) is 0 Å². The van der Waals surface area contributed by atoms with Gasteiger partial charge in [-0.2, -0.15) is 0 Å². The van der Waals surface area contributed by atoms with Gasteiger partial charge in [-0.15, -0.1) is 0 Å². The van der Waals surface area contributed by atoms with Crippen molar-refractivity contribution in [2.24, 2.45) is 0 Å². The number of hydrogen-bond acceptors (Lipinski definition) is 0. The minimum Gasteiger partial charge on any atom is -0.0581 e. The molecule has 0 nitrogen and oxygen atoms in total. The zero-order valence-electron chi connectivity index (χ0n) is 11.4. The maximum atomic E-state index is 3.62. The van der Waals surface area contributed by atoms with Gasteiger partial charge in [-0.3, -0.25) is 0 Å². The van der Waals surface area contributed by atoms with Crippen molar-refractivity contribution in [1.82, 2.24) is 0 Å². The van der Waals surface area contributed by atoms with Crippen LogP contribution in [0.1, 0.15) is 42.5 Å². The summed E-state index contributed by atoms with van der Waals surface area (Å²) in [5.74, 6) is 0. The van der Waals surface area contributed by atoms with Crippen LogP contribution in [-0.2, 0) is 18.3 Å². The Bertz CT molecular complexity index is 695.